The van der Waals surface area contributed by atoms with E-state index in [2.05, 4.69) is 41.9 Å². The molecule has 1 aliphatic rings. The summed E-state index contributed by atoms with van der Waals surface area (Å²) in [5.41, 5.74) is 11.2. The Kier molecular flexibility index (Phi) is 3.88. The number of nitrogens with zero attached hydrogens (tertiary/aromatic N) is 2. The molecule has 0 radical (unpaired) electrons. The molecular formula is C17H23N3. The number of hydrogen-bond donors (Lipinski definition) is 1. The van der Waals surface area contributed by atoms with Crippen LogP contribution in [0.2, 0.25) is 0 Å². The minimum Gasteiger partial charge on any atom is -0.330 e. The van der Waals surface area contributed by atoms with E-state index in [-0.39, 0.29) is 0 Å². The highest BCUT2D eigenvalue weighted by Crippen LogP contribution is 2.37. The quantitative estimate of drug-likeness (QED) is 0.926. The highest BCUT2D eigenvalue weighted by Gasteiger charge is 2.27. The van der Waals surface area contributed by atoms with Gasteiger partial charge in [-0.2, -0.15) is 5.10 Å². The van der Waals surface area contributed by atoms with Crippen molar-refractivity contribution in [1.29, 1.82) is 0 Å². The van der Waals surface area contributed by atoms with Crippen LogP contribution in [0.25, 0.3) is 5.69 Å². The van der Waals surface area contributed by atoms with E-state index in [1.807, 2.05) is 0 Å². The average molecular weight is 269 g/mol. The molecule has 106 valence electrons. The van der Waals surface area contributed by atoms with Gasteiger partial charge in [-0.3, -0.25) is 0 Å². The molecule has 2 aromatic rings. The first-order chi connectivity index (χ1) is 9.85. The summed E-state index contributed by atoms with van der Waals surface area (Å²) in [6.07, 6.45) is 5.74. The van der Waals surface area contributed by atoms with Gasteiger partial charge in [0.25, 0.3) is 0 Å². The predicted molar refractivity (Wildman–Crippen MR) is 82.3 cm³/mol. The molecule has 1 aromatic carbocycles. The minimum absolute atomic E-state index is 0.608. The van der Waals surface area contributed by atoms with Crippen LogP contribution in [0.5, 0.6) is 0 Å². The van der Waals surface area contributed by atoms with E-state index >= 15 is 0 Å². The fourth-order valence-corrected chi connectivity index (χ4v) is 3.42. The highest BCUT2D eigenvalue weighted by atomic mass is 15.3. The Hall–Kier alpha value is -1.61. The van der Waals surface area contributed by atoms with Gasteiger partial charge in [0.15, 0.2) is 0 Å². The lowest BCUT2D eigenvalue weighted by Crippen LogP contribution is -2.15. The van der Waals surface area contributed by atoms with Crippen molar-refractivity contribution in [2.75, 3.05) is 6.54 Å². The Morgan fingerprint density at radius 1 is 1.30 bits per heavy atom. The van der Waals surface area contributed by atoms with Crippen molar-refractivity contribution in [1.82, 2.24) is 9.78 Å². The first kappa shape index (κ1) is 13.4. The fourth-order valence-electron chi connectivity index (χ4n) is 3.42. The maximum Gasteiger partial charge on any atom is 0.0664 e. The van der Waals surface area contributed by atoms with Gasteiger partial charge in [0.05, 0.1) is 11.4 Å². The molecule has 0 saturated carbocycles. The molecule has 0 aliphatic heterocycles. The molecule has 1 aliphatic carbocycles. The van der Waals surface area contributed by atoms with Gasteiger partial charge >= 0.3 is 0 Å². The molecule has 0 fully saturated rings. The topological polar surface area (TPSA) is 43.8 Å². The standard InChI is InChI=1S/C17H23N3/c1-2-15-17-13(11-12-18)7-6-10-16(17)20(19-15)14-8-4-3-5-9-14/h3-5,8-9,13H,2,6-7,10-12,18H2,1H3. The van der Waals surface area contributed by atoms with E-state index in [1.165, 1.54) is 35.5 Å². The summed E-state index contributed by atoms with van der Waals surface area (Å²) in [4.78, 5) is 0. The zero-order valence-corrected chi connectivity index (χ0v) is 12.2. The summed E-state index contributed by atoms with van der Waals surface area (Å²) >= 11 is 0. The Morgan fingerprint density at radius 2 is 2.10 bits per heavy atom. The van der Waals surface area contributed by atoms with Crippen molar-refractivity contribution in [3.8, 4) is 5.69 Å². The van der Waals surface area contributed by atoms with Crippen molar-refractivity contribution >= 4 is 0 Å². The molecule has 3 heteroatoms. The summed E-state index contributed by atoms with van der Waals surface area (Å²) in [6.45, 7) is 2.97. The number of nitrogens with two attached hydrogens (primary N) is 1. The predicted octanol–water partition coefficient (Wildman–Crippen LogP) is 3.20. The number of aryl methyl sites for hydroxylation is 1. The summed E-state index contributed by atoms with van der Waals surface area (Å²) in [5.74, 6) is 0.608. The molecule has 1 heterocycles. The number of para-hydroxylation sites is 1. The number of benzene rings is 1. The zero-order valence-electron chi connectivity index (χ0n) is 12.2. The van der Waals surface area contributed by atoms with Crippen LogP contribution in [0.15, 0.2) is 30.3 Å². The maximum absolute atomic E-state index is 5.80. The Balaban J connectivity index is 2.10. The lowest BCUT2D eigenvalue weighted by molar-refractivity contribution is 0.516. The van der Waals surface area contributed by atoms with Gasteiger partial charge in [0.2, 0.25) is 0 Å². The van der Waals surface area contributed by atoms with Gasteiger partial charge in [-0.05, 0) is 56.7 Å². The smallest absolute Gasteiger partial charge is 0.0664 e. The second kappa shape index (κ2) is 5.80. The van der Waals surface area contributed by atoms with Crippen molar-refractivity contribution in [2.45, 2.75) is 44.9 Å². The van der Waals surface area contributed by atoms with Crippen LogP contribution in [-0.2, 0) is 12.8 Å². The van der Waals surface area contributed by atoms with Gasteiger partial charge in [0.1, 0.15) is 0 Å². The molecule has 0 amide bonds. The number of rotatable bonds is 4. The second-order valence-electron chi connectivity index (χ2n) is 5.57. The first-order valence-corrected chi connectivity index (χ1v) is 7.71. The monoisotopic (exact) mass is 269 g/mol. The molecule has 20 heavy (non-hydrogen) atoms. The van der Waals surface area contributed by atoms with E-state index in [1.54, 1.807) is 0 Å². The molecule has 0 spiro atoms. The van der Waals surface area contributed by atoms with Gasteiger partial charge in [-0.15, -0.1) is 0 Å². The molecule has 3 nitrogen and oxygen atoms in total. The van der Waals surface area contributed by atoms with Gasteiger partial charge in [-0.25, -0.2) is 4.68 Å². The lowest BCUT2D eigenvalue weighted by atomic mass is 9.82. The van der Waals surface area contributed by atoms with Gasteiger partial charge in [-0.1, -0.05) is 25.1 Å². The molecule has 2 N–H and O–H groups in total. The zero-order chi connectivity index (χ0) is 13.9. The highest BCUT2D eigenvalue weighted by molar-refractivity contribution is 5.40. The lowest BCUT2D eigenvalue weighted by Gasteiger charge is -2.23. The number of fused-ring (bicyclic) bond motifs is 1. The fraction of sp³-hybridized carbons (Fsp3) is 0.471. The van der Waals surface area contributed by atoms with E-state index in [0.29, 0.717) is 5.92 Å². The molecule has 1 atom stereocenters. The number of hydrogen-bond acceptors (Lipinski definition) is 2. The molecule has 1 unspecified atom stereocenters. The molecule has 0 saturated heterocycles. The summed E-state index contributed by atoms with van der Waals surface area (Å²) < 4.78 is 2.16. The molecule has 3 rings (SSSR count). The van der Waals surface area contributed by atoms with Crippen molar-refractivity contribution in [2.24, 2.45) is 5.73 Å². The SMILES string of the molecule is CCc1nn(-c2ccccc2)c2c1C(CCN)CCC2. The Bertz CT molecular complexity index is 571. The van der Waals surface area contributed by atoms with Crippen LogP contribution in [0.4, 0.5) is 0 Å². The Labute approximate surface area is 120 Å². The first-order valence-electron chi connectivity index (χ1n) is 7.71. The van der Waals surface area contributed by atoms with Crippen molar-refractivity contribution in [3.63, 3.8) is 0 Å². The molecule has 0 bridgehead atoms. The third kappa shape index (κ3) is 2.27. The van der Waals surface area contributed by atoms with Crippen LogP contribution < -0.4 is 5.73 Å². The van der Waals surface area contributed by atoms with Crippen LogP contribution in [0.3, 0.4) is 0 Å². The minimum atomic E-state index is 0.608. The van der Waals surface area contributed by atoms with Gasteiger partial charge in [0, 0.05) is 11.3 Å². The van der Waals surface area contributed by atoms with Crippen molar-refractivity contribution < 1.29 is 0 Å². The summed E-state index contributed by atoms with van der Waals surface area (Å²) in [7, 11) is 0. The summed E-state index contributed by atoms with van der Waals surface area (Å²) in [5, 5.41) is 4.89. The average Bonchev–Trinajstić information content (AvgIpc) is 2.88. The maximum atomic E-state index is 5.80. The Morgan fingerprint density at radius 3 is 2.80 bits per heavy atom. The third-order valence-electron chi connectivity index (χ3n) is 4.32. The molecular weight excluding hydrogens is 246 g/mol. The van der Waals surface area contributed by atoms with Crippen LogP contribution >= 0.6 is 0 Å². The second-order valence-corrected chi connectivity index (χ2v) is 5.57. The normalized spacial score (nSPS) is 18.0. The molecule has 1 aromatic heterocycles. The van der Waals surface area contributed by atoms with Gasteiger partial charge < -0.3 is 5.73 Å². The van der Waals surface area contributed by atoms with E-state index in [4.69, 9.17) is 10.8 Å². The number of aromatic nitrogens is 2. The summed E-state index contributed by atoms with van der Waals surface area (Å²) in [6, 6.07) is 10.5. The van der Waals surface area contributed by atoms with Crippen LogP contribution in [0, 0.1) is 0 Å². The third-order valence-corrected chi connectivity index (χ3v) is 4.32. The largest absolute Gasteiger partial charge is 0.330 e. The van der Waals surface area contributed by atoms with E-state index in [9.17, 15) is 0 Å². The van der Waals surface area contributed by atoms with Crippen molar-refractivity contribution in [3.05, 3.63) is 47.3 Å². The van der Waals surface area contributed by atoms with Crippen LogP contribution in [0.1, 0.15) is 49.1 Å². The van der Waals surface area contributed by atoms with Crippen LogP contribution in [-0.4, -0.2) is 16.3 Å². The van der Waals surface area contributed by atoms with E-state index in [0.717, 1.165) is 25.8 Å². The van der Waals surface area contributed by atoms with E-state index < -0.39 is 0 Å².